The van der Waals surface area contributed by atoms with E-state index in [1.54, 1.807) is 37.3 Å². The highest BCUT2D eigenvalue weighted by Gasteiger charge is 2.42. The lowest BCUT2D eigenvalue weighted by Gasteiger charge is -2.44. The predicted octanol–water partition coefficient (Wildman–Crippen LogP) is 6.02. The minimum atomic E-state index is -4.92. The summed E-state index contributed by atoms with van der Waals surface area (Å²) in [4.78, 5) is 28.1. The Morgan fingerprint density at radius 2 is 1.72 bits per heavy atom. The molecule has 1 unspecified atom stereocenters. The van der Waals surface area contributed by atoms with Crippen LogP contribution >= 0.6 is 0 Å². The van der Waals surface area contributed by atoms with E-state index in [9.17, 15) is 27.9 Å². The van der Waals surface area contributed by atoms with Gasteiger partial charge in [0.05, 0.1) is 37.4 Å². The first-order valence-corrected chi connectivity index (χ1v) is 15.0. The van der Waals surface area contributed by atoms with E-state index < -0.39 is 53.8 Å². The number of hydrogen-bond acceptors (Lipinski definition) is 7. The Morgan fingerprint density at radius 3 is 2.38 bits per heavy atom. The van der Waals surface area contributed by atoms with Crippen LogP contribution < -0.4 is 10.1 Å². The normalized spacial score (nSPS) is 16.0. The number of halogens is 5. The first-order valence-electron chi connectivity index (χ1n) is 15.0. The maximum atomic E-state index is 15.7. The molecule has 252 valence electrons. The molecule has 0 bridgehead atoms. The number of nitrogens with zero attached hydrogens (tertiary/aromatic N) is 2. The van der Waals surface area contributed by atoms with E-state index in [4.69, 9.17) is 9.47 Å². The molecule has 1 amide bonds. The average Bonchev–Trinajstić information content (AvgIpc) is 3.03. The second-order valence-electron chi connectivity index (χ2n) is 10.8. The molecular weight excluding hydrogens is 625 g/mol. The number of allylic oxidation sites excluding steroid dienone is 1. The molecule has 4 rings (SSSR count). The summed E-state index contributed by atoms with van der Waals surface area (Å²) < 4.78 is 82.7. The van der Waals surface area contributed by atoms with Crippen LogP contribution in [0.25, 0.3) is 5.57 Å². The van der Waals surface area contributed by atoms with Crippen molar-refractivity contribution in [3.05, 3.63) is 106 Å². The van der Waals surface area contributed by atoms with Crippen molar-refractivity contribution in [1.82, 2.24) is 15.1 Å². The quantitative estimate of drug-likeness (QED) is 0.132. The van der Waals surface area contributed by atoms with Crippen molar-refractivity contribution in [3.63, 3.8) is 0 Å². The van der Waals surface area contributed by atoms with Crippen LogP contribution in [0.2, 0.25) is 0 Å². The summed E-state index contributed by atoms with van der Waals surface area (Å²) >= 11 is 0. The molecular formula is C34H36F5N3O5. The first kappa shape index (κ1) is 35.4. The van der Waals surface area contributed by atoms with Gasteiger partial charge in [-0.15, -0.1) is 0 Å². The van der Waals surface area contributed by atoms with Gasteiger partial charge in [0, 0.05) is 29.8 Å². The Bertz CT molecular complexity index is 1600. The van der Waals surface area contributed by atoms with E-state index in [1.807, 2.05) is 0 Å². The number of benzene rings is 3. The van der Waals surface area contributed by atoms with E-state index in [0.29, 0.717) is 18.5 Å². The molecule has 3 aromatic carbocycles. The van der Waals surface area contributed by atoms with Crippen molar-refractivity contribution in [2.45, 2.75) is 51.8 Å². The molecule has 0 aromatic heterocycles. The maximum Gasteiger partial charge on any atom is 0.416 e. The van der Waals surface area contributed by atoms with Crippen LogP contribution in [0.5, 0.6) is 5.75 Å². The van der Waals surface area contributed by atoms with E-state index in [-0.39, 0.29) is 48.1 Å². The molecule has 0 saturated heterocycles. The molecule has 1 aliphatic heterocycles. The molecule has 3 aromatic rings. The van der Waals surface area contributed by atoms with Crippen LogP contribution in [0.3, 0.4) is 0 Å². The Balaban J connectivity index is 1.78. The van der Waals surface area contributed by atoms with Gasteiger partial charge in [-0.3, -0.25) is 14.5 Å². The van der Waals surface area contributed by atoms with Gasteiger partial charge in [0.1, 0.15) is 5.82 Å². The number of carbonyl (C=O) groups excluding carboxylic acids is 2. The molecule has 2 atom stereocenters. The fraction of sp³-hybridized carbons (Fsp3) is 0.353. The number of hydrogen-bond donors (Lipinski definition) is 2. The first-order chi connectivity index (χ1) is 22.4. The zero-order valence-electron chi connectivity index (χ0n) is 26.1. The number of ether oxygens (including phenoxy) is 2. The summed E-state index contributed by atoms with van der Waals surface area (Å²) in [6.45, 7) is 2.57. The van der Waals surface area contributed by atoms with Gasteiger partial charge in [0.25, 0.3) is 5.91 Å². The summed E-state index contributed by atoms with van der Waals surface area (Å²) in [6, 6.07) is 14.9. The van der Waals surface area contributed by atoms with Gasteiger partial charge in [-0.1, -0.05) is 48.5 Å². The summed E-state index contributed by atoms with van der Waals surface area (Å²) in [6.07, 6.45) is -6.27. The Morgan fingerprint density at radius 1 is 1.02 bits per heavy atom. The monoisotopic (exact) mass is 661 g/mol. The molecule has 2 N–H and O–H groups in total. The number of aliphatic hydroxyl groups is 1. The van der Waals surface area contributed by atoms with Crippen LogP contribution in [-0.4, -0.2) is 59.9 Å². The SMILES string of the molecule is CCOC(=O)CCCN[C@@H](CN1C(=O)C(c2cccc(OC)c2F)=C(C)N(Cc2c(F)cccc2C(F)(F)F)C1O)c1ccccc1. The molecule has 0 fully saturated rings. The molecule has 1 aliphatic rings. The summed E-state index contributed by atoms with van der Waals surface area (Å²) in [7, 11) is 1.24. The third kappa shape index (κ3) is 8.09. The molecule has 0 aliphatic carbocycles. The molecule has 0 radical (unpaired) electrons. The number of alkyl halides is 3. The van der Waals surface area contributed by atoms with Gasteiger partial charge < -0.3 is 24.8 Å². The minimum absolute atomic E-state index is 0.0686. The van der Waals surface area contributed by atoms with Gasteiger partial charge in [-0.05, 0) is 50.6 Å². The van der Waals surface area contributed by atoms with Crippen molar-refractivity contribution in [1.29, 1.82) is 0 Å². The Hall–Kier alpha value is -4.49. The predicted molar refractivity (Wildman–Crippen MR) is 163 cm³/mol. The number of rotatable bonds is 13. The summed E-state index contributed by atoms with van der Waals surface area (Å²) in [5, 5.41) is 14.9. The second-order valence-corrected chi connectivity index (χ2v) is 10.8. The smallest absolute Gasteiger partial charge is 0.416 e. The van der Waals surface area contributed by atoms with Crippen molar-refractivity contribution in [2.24, 2.45) is 0 Å². The van der Waals surface area contributed by atoms with Crippen LogP contribution in [0, 0.1) is 11.6 Å². The highest BCUT2D eigenvalue weighted by Crippen LogP contribution is 2.39. The highest BCUT2D eigenvalue weighted by molar-refractivity contribution is 6.21. The Kier molecular flexibility index (Phi) is 11.6. The number of aliphatic hydroxyl groups excluding tert-OH is 1. The maximum absolute atomic E-state index is 15.7. The zero-order chi connectivity index (χ0) is 34.3. The zero-order valence-corrected chi connectivity index (χ0v) is 26.1. The molecule has 47 heavy (non-hydrogen) atoms. The van der Waals surface area contributed by atoms with Gasteiger partial charge in [0.2, 0.25) is 6.35 Å². The van der Waals surface area contributed by atoms with Crippen LogP contribution in [0.4, 0.5) is 22.0 Å². The lowest BCUT2D eigenvalue weighted by molar-refractivity contribution is -0.156. The molecule has 0 spiro atoms. The van der Waals surface area contributed by atoms with Crippen LogP contribution in [0.15, 0.2) is 72.4 Å². The lowest BCUT2D eigenvalue weighted by Crippen LogP contribution is -2.56. The van der Waals surface area contributed by atoms with Gasteiger partial charge in [-0.25, -0.2) is 8.78 Å². The fourth-order valence-corrected chi connectivity index (χ4v) is 5.50. The van der Waals surface area contributed by atoms with E-state index in [1.165, 1.54) is 32.2 Å². The fourth-order valence-electron chi connectivity index (χ4n) is 5.50. The van der Waals surface area contributed by atoms with Crippen molar-refractivity contribution in [3.8, 4) is 5.75 Å². The van der Waals surface area contributed by atoms with Crippen molar-refractivity contribution < 1.29 is 46.1 Å². The third-order valence-corrected chi connectivity index (χ3v) is 7.87. The van der Waals surface area contributed by atoms with E-state index in [0.717, 1.165) is 28.0 Å². The van der Waals surface area contributed by atoms with E-state index >= 15 is 8.78 Å². The van der Waals surface area contributed by atoms with Crippen LogP contribution in [0.1, 0.15) is 55.0 Å². The topological polar surface area (TPSA) is 91.3 Å². The summed E-state index contributed by atoms with van der Waals surface area (Å²) in [5.74, 6) is -3.42. The number of esters is 1. The molecule has 8 nitrogen and oxygen atoms in total. The Labute approximate surface area is 269 Å². The molecule has 13 heteroatoms. The number of nitrogens with one attached hydrogen (secondary N) is 1. The number of methoxy groups -OCH3 is 1. The number of carbonyl (C=O) groups is 2. The third-order valence-electron chi connectivity index (χ3n) is 7.87. The second kappa shape index (κ2) is 15.4. The minimum Gasteiger partial charge on any atom is -0.494 e. The molecule has 1 heterocycles. The largest absolute Gasteiger partial charge is 0.494 e. The average molecular weight is 662 g/mol. The lowest BCUT2D eigenvalue weighted by atomic mass is 9.97. The van der Waals surface area contributed by atoms with Crippen LogP contribution in [-0.2, 0) is 27.0 Å². The standard InChI is InChI=1S/C34H36F5N3O5/c1-4-47-29(43)17-10-18-40-27(22-11-6-5-7-12-22)20-42-32(44)30(23-13-8-16-28(46-3)31(23)36)21(2)41(33(42)45)19-24-25(34(37,38)39)14-9-15-26(24)35/h5-9,11-16,27,33,40,45H,4,10,17-20H2,1-3H3/t27-,33?/m0/s1. The van der Waals surface area contributed by atoms with Gasteiger partial charge >= 0.3 is 12.1 Å². The summed E-state index contributed by atoms with van der Waals surface area (Å²) in [5.41, 5.74) is -1.83. The highest BCUT2D eigenvalue weighted by atomic mass is 19.4. The molecule has 0 saturated carbocycles. The van der Waals surface area contributed by atoms with Crippen molar-refractivity contribution >= 4 is 17.4 Å². The van der Waals surface area contributed by atoms with Crippen molar-refractivity contribution in [2.75, 3.05) is 26.8 Å². The van der Waals surface area contributed by atoms with Gasteiger partial charge in [-0.2, -0.15) is 13.2 Å². The van der Waals surface area contributed by atoms with E-state index in [2.05, 4.69) is 5.32 Å². The number of amides is 1. The van der Waals surface area contributed by atoms with Gasteiger partial charge in [0.15, 0.2) is 11.6 Å².